The molecule has 7 nitrogen and oxygen atoms in total. The molecule has 1 fully saturated rings. The Kier molecular flexibility index (Phi) is 4.98. The highest BCUT2D eigenvalue weighted by Crippen LogP contribution is 2.43. The zero-order chi connectivity index (χ0) is 22.5. The van der Waals surface area contributed by atoms with E-state index in [0.717, 1.165) is 5.71 Å². The average Bonchev–Trinajstić information content (AvgIpc) is 3.53. The smallest absolute Gasteiger partial charge is 0.267 e. The number of pyridine rings is 1. The summed E-state index contributed by atoms with van der Waals surface area (Å²) < 4.78 is 55.5. The quantitative estimate of drug-likeness (QED) is 0.543. The number of anilines is 2. The number of hydrogen-bond acceptors (Lipinski definition) is 6. The van der Waals surface area contributed by atoms with Gasteiger partial charge in [0.25, 0.3) is 12.3 Å². The van der Waals surface area contributed by atoms with Crippen LogP contribution < -0.4 is 10.2 Å². The Hall–Kier alpha value is -3.24. The van der Waals surface area contributed by atoms with Crippen LogP contribution in [0.1, 0.15) is 19.8 Å². The second kappa shape index (κ2) is 7.72. The van der Waals surface area contributed by atoms with E-state index in [1.54, 1.807) is 31.3 Å². The van der Waals surface area contributed by atoms with Crippen LogP contribution in [-0.2, 0) is 0 Å². The van der Waals surface area contributed by atoms with E-state index >= 15 is 0 Å². The van der Waals surface area contributed by atoms with E-state index < -0.39 is 31.4 Å². The van der Waals surface area contributed by atoms with Gasteiger partial charge in [-0.15, -0.1) is 5.10 Å². The topological polar surface area (TPSA) is 70.7 Å². The van der Waals surface area contributed by atoms with Crippen LogP contribution in [0.2, 0.25) is 0 Å². The van der Waals surface area contributed by atoms with E-state index in [9.17, 15) is 17.6 Å². The number of hydrogen-bond donors (Lipinski definition) is 1. The first-order valence-corrected chi connectivity index (χ1v) is 10.3. The molecule has 32 heavy (non-hydrogen) atoms. The number of aliphatic imine (C=N–C) groups is 1. The van der Waals surface area contributed by atoms with Crippen LogP contribution in [0.3, 0.4) is 0 Å². The molecule has 11 heteroatoms. The highest BCUT2D eigenvalue weighted by molar-refractivity contribution is 5.94. The molecule has 168 valence electrons. The molecule has 3 aromatic heterocycles. The number of alkyl halides is 4. The van der Waals surface area contributed by atoms with E-state index in [2.05, 4.69) is 25.4 Å². The molecule has 3 aromatic rings. The standard InChI is InChI=1S/C21H21F4N7/c1-12-9-31(10-18(22)23)19-16(28-12)5-4-15(29-19)14-6-7-32-17(14)8-26-20(30-32)27-11-21(24,25)13-2-3-13/h4-8,13,18H,2-3,9-11H2,1H3,(H,27,30). The summed E-state index contributed by atoms with van der Waals surface area (Å²) in [5.41, 5.74) is 3.16. The fourth-order valence-electron chi connectivity index (χ4n) is 3.87. The van der Waals surface area contributed by atoms with Crippen molar-refractivity contribution in [3.05, 3.63) is 30.6 Å². The average molecular weight is 447 g/mol. The van der Waals surface area contributed by atoms with Gasteiger partial charge >= 0.3 is 0 Å². The molecule has 5 rings (SSSR count). The molecule has 1 N–H and O–H groups in total. The molecule has 1 aliphatic heterocycles. The largest absolute Gasteiger partial charge is 0.347 e. The SMILES string of the molecule is CC1=Nc2ccc(-c3ccn4nc(NCC(F)(F)C5CC5)ncc34)nc2N(CC(F)F)C1. The number of halogens is 4. The van der Waals surface area contributed by atoms with Gasteiger partial charge in [0.05, 0.1) is 37.0 Å². The third kappa shape index (κ3) is 3.98. The lowest BCUT2D eigenvalue weighted by molar-refractivity contribution is -0.00834. The summed E-state index contributed by atoms with van der Waals surface area (Å²) in [5.74, 6) is -2.84. The summed E-state index contributed by atoms with van der Waals surface area (Å²) in [6.07, 6.45) is 1.80. The number of aromatic nitrogens is 4. The highest BCUT2D eigenvalue weighted by Gasteiger charge is 2.46. The number of rotatable bonds is 7. The highest BCUT2D eigenvalue weighted by atomic mass is 19.3. The van der Waals surface area contributed by atoms with E-state index in [4.69, 9.17) is 0 Å². The second-order valence-corrected chi connectivity index (χ2v) is 8.19. The van der Waals surface area contributed by atoms with Crippen LogP contribution in [0.15, 0.2) is 35.6 Å². The predicted octanol–water partition coefficient (Wildman–Crippen LogP) is 4.43. The van der Waals surface area contributed by atoms with Crippen LogP contribution in [0, 0.1) is 5.92 Å². The molecular weight excluding hydrogens is 426 g/mol. The molecular formula is C21H21F4N7. The molecule has 0 unspecified atom stereocenters. The summed E-state index contributed by atoms with van der Waals surface area (Å²) in [5, 5.41) is 6.87. The van der Waals surface area contributed by atoms with Gasteiger partial charge < -0.3 is 10.2 Å². The Morgan fingerprint density at radius 2 is 2.03 bits per heavy atom. The number of nitrogens with one attached hydrogen (secondary N) is 1. The van der Waals surface area contributed by atoms with Gasteiger partial charge in [0, 0.05) is 23.4 Å². The van der Waals surface area contributed by atoms with Gasteiger partial charge in [-0.05, 0) is 38.0 Å². The van der Waals surface area contributed by atoms with Gasteiger partial charge in [-0.2, -0.15) is 0 Å². The van der Waals surface area contributed by atoms with Gasteiger partial charge in [0.1, 0.15) is 5.69 Å². The van der Waals surface area contributed by atoms with Crippen molar-refractivity contribution in [2.24, 2.45) is 10.9 Å². The lowest BCUT2D eigenvalue weighted by Gasteiger charge is -2.28. The number of fused-ring (bicyclic) bond motifs is 2. The zero-order valence-electron chi connectivity index (χ0n) is 17.3. The minimum Gasteiger partial charge on any atom is -0.347 e. The maximum atomic E-state index is 13.9. The van der Waals surface area contributed by atoms with Gasteiger partial charge in [-0.3, -0.25) is 4.99 Å². The van der Waals surface area contributed by atoms with Crippen molar-refractivity contribution >= 4 is 28.7 Å². The normalized spacial score (nSPS) is 16.4. The van der Waals surface area contributed by atoms with Crippen molar-refractivity contribution in [3.8, 4) is 11.3 Å². The van der Waals surface area contributed by atoms with Crippen molar-refractivity contribution in [1.82, 2.24) is 19.6 Å². The Bertz CT molecular complexity index is 1190. The van der Waals surface area contributed by atoms with E-state index in [1.165, 1.54) is 15.6 Å². The van der Waals surface area contributed by atoms with Crippen LogP contribution in [0.5, 0.6) is 0 Å². The monoisotopic (exact) mass is 447 g/mol. The Morgan fingerprint density at radius 3 is 2.78 bits per heavy atom. The molecule has 1 saturated carbocycles. The molecule has 1 aliphatic carbocycles. The Labute approximate surface area is 181 Å². The van der Waals surface area contributed by atoms with E-state index in [-0.39, 0.29) is 12.5 Å². The summed E-state index contributed by atoms with van der Waals surface area (Å²) in [7, 11) is 0. The van der Waals surface area contributed by atoms with E-state index in [0.29, 0.717) is 41.1 Å². The maximum Gasteiger partial charge on any atom is 0.267 e. The number of nitrogens with zero attached hydrogens (tertiary/aromatic N) is 6. The summed E-state index contributed by atoms with van der Waals surface area (Å²) >= 11 is 0. The minimum atomic E-state index is -2.78. The first-order valence-electron chi connectivity index (χ1n) is 10.3. The third-order valence-corrected chi connectivity index (χ3v) is 5.59. The van der Waals surface area contributed by atoms with Crippen molar-refractivity contribution in [2.45, 2.75) is 32.1 Å². The molecule has 4 heterocycles. The molecule has 0 aromatic carbocycles. The molecule has 0 radical (unpaired) electrons. The fraction of sp³-hybridized carbons (Fsp3) is 0.429. The summed E-state index contributed by atoms with van der Waals surface area (Å²) in [6, 6.07) is 5.29. The van der Waals surface area contributed by atoms with Gasteiger partial charge in [0.2, 0.25) is 5.95 Å². The van der Waals surface area contributed by atoms with Crippen molar-refractivity contribution in [1.29, 1.82) is 0 Å². The van der Waals surface area contributed by atoms with E-state index in [1.807, 2.05) is 0 Å². The fourth-order valence-corrected chi connectivity index (χ4v) is 3.87. The third-order valence-electron chi connectivity index (χ3n) is 5.59. The van der Waals surface area contributed by atoms with Crippen molar-refractivity contribution in [2.75, 3.05) is 29.9 Å². The van der Waals surface area contributed by atoms with Crippen molar-refractivity contribution < 1.29 is 17.6 Å². The van der Waals surface area contributed by atoms with Crippen LogP contribution in [-0.4, -0.2) is 57.3 Å². The summed E-state index contributed by atoms with van der Waals surface area (Å²) in [4.78, 5) is 14.7. The molecule has 0 spiro atoms. The molecule has 2 aliphatic rings. The van der Waals surface area contributed by atoms with Crippen LogP contribution in [0.4, 0.5) is 35.0 Å². The van der Waals surface area contributed by atoms with Crippen LogP contribution >= 0.6 is 0 Å². The zero-order valence-corrected chi connectivity index (χ0v) is 17.3. The molecule has 0 bridgehead atoms. The van der Waals surface area contributed by atoms with Gasteiger partial charge in [0.15, 0.2) is 5.82 Å². The second-order valence-electron chi connectivity index (χ2n) is 8.19. The summed E-state index contributed by atoms with van der Waals surface area (Å²) in [6.45, 7) is 1.13. The predicted molar refractivity (Wildman–Crippen MR) is 113 cm³/mol. The first-order chi connectivity index (χ1) is 15.3. The molecule has 0 amide bonds. The lowest BCUT2D eigenvalue weighted by Crippen LogP contribution is -2.35. The van der Waals surface area contributed by atoms with Gasteiger partial charge in [-0.1, -0.05) is 0 Å². The lowest BCUT2D eigenvalue weighted by atomic mass is 10.1. The molecule has 0 saturated heterocycles. The first kappa shape index (κ1) is 20.7. The Morgan fingerprint density at radius 1 is 1.22 bits per heavy atom. The Balaban J connectivity index is 1.42. The minimum absolute atomic E-state index is 0.103. The van der Waals surface area contributed by atoms with Crippen LogP contribution in [0.25, 0.3) is 16.8 Å². The maximum absolute atomic E-state index is 13.9. The molecule has 0 atom stereocenters. The van der Waals surface area contributed by atoms with Crippen molar-refractivity contribution in [3.63, 3.8) is 0 Å². The van der Waals surface area contributed by atoms with Gasteiger partial charge in [-0.25, -0.2) is 32.0 Å².